The molecule has 0 heterocycles. The lowest BCUT2D eigenvalue weighted by Crippen LogP contribution is -2.27. The van der Waals surface area contributed by atoms with Crippen molar-refractivity contribution in [3.8, 4) is 0 Å². The predicted molar refractivity (Wildman–Crippen MR) is 95.4 cm³/mol. The highest BCUT2D eigenvalue weighted by molar-refractivity contribution is 9.11. The Balaban J connectivity index is 1.77. The summed E-state index contributed by atoms with van der Waals surface area (Å²) >= 11 is 10.7. The zero-order valence-electron chi connectivity index (χ0n) is 10.8. The predicted octanol–water partition coefficient (Wildman–Crippen LogP) is 5.94. The lowest BCUT2D eigenvalue weighted by molar-refractivity contribution is 0.610. The van der Waals surface area contributed by atoms with Crippen molar-refractivity contribution in [1.29, 1.82) is 0 Å². The largest absolute Gasteiger partial charge is 0.381 e. The number of hydrogen-bond acceptors (Lipinski definition) is 1. The van der Waals surface area contributed by atoms with Crippen LogP contribution in [0.25, 0.3) is 0 Å². The van der Waals surface area contributed by atoms with E-state index in [9.17, 15) is 0 Å². The van der Waals surface area contributed by atoms with Gasteiger partial charge in [-0.25, -0.2) is 0 Å². The van der Waals surface area contributed by atoms with Crippen molar-refractivity contribution in [1.82, 2.24) is 0 Å². The Hall–Kier alpha value is -0.320. The monoisotopic (exact) mass is 457 g/mol. The Morgan fingerprint density at radius 3 is 2.50 bits per heavy atom. The zero-order valence-corrected chi connectivity index (χ0v) is 15.6. The van der Waals surface area contributed by atoms with Gasteiger partial charge in [-0.15, -0.1) is 0 Å². The summed E-state index contributed by atoms with van der Waals surface area (Å²) in [5.74, 6) is 0. The molecule has 0 bridgehead atoms. The van der Waals surface area contributed by atoms with Crippen molar-refractivity contribution in [3.05, 3.63) is 60.9 Å². The topological polar surface area (TPSA) is 12.0 Å². The standard InChI is InChI=1S/C16H14Br3N/c17-12-3-1-11-8-14(5-2-10(11)7-12)20-16-9-13(18)4-6-15(16)19/h1,3-4,6-7,9,14,20H,2,5,8H2. The molecule has 3 rings (SSSR count). The van der Waals surface area contributed by atoms with Gasteiger partial charge in [0.15, 0.2) is 0 Å². The van der Waals surface area contributed by atoms with Crippen molar-refractivity contribution < 1.29 is 0 Å². The van der Waals surface area contributed by atoms with E-state index < -0.39 is 0 Å². The fraction of sp³-hybridized carbons (Fsp3) is 0.250. The number of aryl methyl sites for hydroxylation is 1. The number of benzene rings is 2. The first-order chi connectivity index (χ1) is 9.61. The molecular formula is C16H14Br3N. The van der Waals surface area contributed by atoms with Crippen molar-refractivity contribution >= 4 is 53.5 Å². The minimum absolute atomic E-state index is 0.495. The van der Waals surface area contributed by atoms with Gasteiger partial charge in [0.25, 0.3) is 0 Å². The van der Waals surface area contributed by atoms with E-state index in [1.165, 1.54) is 22.0 Å². The highest BCUT2D eigenvalue weighted by Gasteiger charge is 2.19. The third kappa shape index (κ3) is 3.29. The number of halogens is 3. The van der Waals surface area contributed by atoms with E-state index in [4.69, 9.17) is 0 Å². The Labute approximate surface area is 144 Å². The van der Waals surface area contributed by atoms with Gasteiger partial charge in [-0.05, 0) is 76.7 Å². The maximum Gasteiger partial charge on any atom is 0.0498 e. The van der Waals surface area contributed by atoms with E-state index >= 15 is 0 Å². The molecule has 0 aromatic heterocycles. The summed E-state index contributed by atoms with van der Waals surface area (Å²) in [6, 6.07) is 13.4. The lowest BCUT2D eigenvalue weighted by Gasteiger charge is -2.27. The number of nitrogens with one attached hydrogen (secondary N) is 1. The summed E-state index contributed by atoms with van der Waals surface area (Å²) in [6.07, 6.45) is 3.39. The van der Waals surface area contributed by atoms with Crippen LogP contribution in [0.4, 0.5) is 5.69 Å². The van der Waals surface area contributed by atoms with Crippen molar-refractivity contribution in [2.45, 2.75) is 25.3 Å². The van der Waals surface area contributed by atoms with Gasteiger partial charge < -0.3 is 5.32 Å². The second-order valence-electron chi connectivity index (χ2n) is 5.12. The summed E-state index contributed by atoms with van der Waals surface area (Å²) in [6.45, 7) is 0. The van der Waals surface area contributed by atoms with E-state index in [2.05, 4.69) is 83.4 Å². The number of hydrogen-bond donors (Lipinski definition) is 1. The highest BCUT2D eigenvalue weighted by atomic mass is 79.9. The van der Waals surface area contributed by atoms with Crippen LogP contribution in [0.5, 0.6) is 0 Å². The Morgan fingerprint density at radius 2 is 1.65 bits per heavy atom. The van der Waals surface area contributed by atoms with Gasteiger partial charge in [0, 0.05) is 25.1 Å². The van der Waals surface area contributed by atoms with Crippen LogP contribution in [0.3, 0.4) is 0 Å². The molecule has 0 saturated carbocycles. The molecule has 1 N–H and O–H groups in total. The van der Waals surface area contributed by atoms with Gasteiger partial charge in [0.2, 0.25) is 0 Å². The van der Waals surface area contributed by atoms with Gasteiger partial charge in [0.05, 0.1) is 0 Å². The SMILES string of the molecule is Brc1ccc2c(c1)CCC(Nc1cc(Br)ccc1Br)C2. The molecule has 2 aromatic carbocycles. The first-order valence-electron chi connectivity index (χ1n) is 6.61. The smallest absolute Gasteiger partial charge is 0.0498 e. The summed E-state index contributed by atoms with van der Waals surface area (Å²) in [7, 11) is 0. The van der Waals surface area contributed by atoms with Crippen molar-refractivity contribution in [2.24, 2.45) is 0 Å². The van der Waals surface area contributed by atoms with E-state index in [-0.39, 0.29) is 0 Å². The molecule has 1 unspecified atom stereocenters. The maximum atomic E-state index is 3.66. The molecular weight excluding hydrogens is 446 g/mol. The van der Waals surface area contributed by atoms with Gasteiger partial charge in [-0.3, -0.25) is 0 Å². The minimum Gasteiger partial charge on any atom is -0.381 e. The molecule has 0 radical (unpaired) electrons. The Morgan fingerprint density at radius 1 is 0.900 bits per heavy atom. The van der Waals surface area contributed by atoms with Gasteiger partial charge >= 0.3 is 0 Å². The molecule has 1 atom stereocenters. The first kappa shape index (κ1) is 14.6. The molecule has 20 heavy (non-hydrogen) atoms. The molecule has 0 spiro atoms. The molecule has 1 aliphatic rings. The second-order valence-corrected chi connectivity index (χ2v) is 7.81. The van der Waals surface area contributed by atoms with E-state index in [0.29, 0.717) is 6.04 Å². The minimum atomic E-state index is 0.495. The summed E-state index contributed by atoms with van der Waals surface area (Å²) < 4.78 is 3.39. The summed E-state index contributed by atoms with van der Waals surface area (Å²) in [5, 5.41) is 3.66. The molecule has 0 fully saturated rings. The lowest BCUT2D eigenvalue weighted by atomic mass is 9.88. The van der Waals surface area contributed by atoms with Gasteiger partial charge in [0.1, 0.15) is 0 Å². The molecule has 2 aromatic rings. The average Bonchev–Trinajstić information content (AvgIpc) is 2.43. The molecule has 0 saturated heterocycles. The highest BCUT2D eigenvalue weighted by Crippen LogP contribution is 2.30. The third-order valence-electron chi connectivity index (χ3n) is 3.68. The molecule has 0 aliphatic heterocycles. The van der Waals surface area contributed by atoms with Gasteiger partial charge in [-0.1, -0.05) is 37.9 Å². The van der Waals surface area contributed by atoms with Crippen LogP contribution in [-0.2, 0) is 12.8 Å². The first-order valence-corrected chi connectivity index (χ1v) is 8.98. The summed E-state index contributed by atoms with van der Waals surface area (Å²) in [4.78, 5) is 0. The Kier molecular flexibility index (Phi) is 4.53. The fourth-order valence-electron chi connectivity index (χ4n) is 2.67. The summed E-state index contributed by atoms with van der Waals surface area (Å²) in [5.41, 5.74) is 4.10. The van der Waals surface area contributed by atoms with Gasteiger partial charge in [-0.2, -0.15) is 0 Å². The van der Waals surface area contributed by atoms with Crippen LogP contribution < -0.4 is 5.32 Å². The number of rotatable bonds is 2. The van der Waals surface area contributed by atoms with E-state index in [1.807, 2.05) is 6.07 Å². The second kappa shape index (κ2) is 6.20. The van der Waals surface area contributed by atoms with Crippen LogP contribution in [0.15, 0.2) is 49.8 Å². The third-order valence-corrected chi connectivity index (χ3v) is 5.36. The van der Waals surface area contributed by atoms with Crippen LogP contribution in [0, 0.1) is 0 Å². The molecule has 1 nitrogen and oxygen atoms in total. The fourth-order valence-corrected chi connectivity index (χ4v) is 3.81. The molecule has 104 valence electrons. The van der Waals surface area contributed by atoms with E-state index in [1.54, 1.807) is 0 Å². The van der Waals surface area contributed by atoms with Crippen molar-refractivity contribution in [2.75, 3.05) is 5.32 Å². The quantitative estimate of drug-likeness (QED) is 0.585. The molecule has 1 aliphatic carbocycles. The normalized spacial score (nSPS) is 17.6. The maximum absolute atomic E-state index is 3.66. The zero-order chi connectivity index (χ0) is 14.1. The molecule has 4 heteroatoms. The Bertz CT molecular complexity index is 640. The van der Waals surface area contributed by atoms with Crippen LogP contribution in [-0.4, -0.2) is 6.04 Å². The average molecular weight is 460 g/mol. The van der Waals surface area contributed by atoms with Crippen LogP contribution in [0.1, 0.15) is 17.5 Å². The number of fused-ring (bicyclic) bond motifs is 1. The number of anilines is 1. The van der Waals surface area contributed by atoms with Crippen molar-refractivity contribution in [3.63, 3.8) is 0 Å². The van der Waals surface area contributed by atoms with E-state index in [0.717, 1.165) is 27.5 Å². The van der Waals surface area contributed by atoms with Crippen LogP contribution in [0.2, 0.25) is 0 Å². The van der Waals surface area contributed by atoms with Crippen LogP contribution >= 0.6 is 47.8 Å². The molecule has 0 amide bonds.